The summed E-state index contributed by atoms with van der Waals surface area (Å²) in [7, 11) is 0. The summed E-state index contributed by atoms with van der Waals surface area (Å²) in [6.07, 6.45) is 4.05. The van der Waals surface area contributed by atoms with Crippen LogP contribution in [0.5, 0.6) is 5.75 Å². The van der Waals surface area contributed by atoms with Crippen LogP contribution in [0, 0.1) is 6.92 Å². The van der Waals surface area contributed by atoms with Crippen molar-refractivity contribution < 1.29 is 9.53 Å². The fourth-order valence-corrected chi connectivity index (χ4v) is 3.90. The molecule has 0 aromatic heterocycles. The van der Waals surface area contributed by atoms with Gasteiger partial charge in [-0.05, 0) is 62.8 Å². The lowest BCUT2D eigenvalue weighted by Gasteiger charge is -2.36. The van der Waals surface area contributed by atoms with Crippen molar-refractivity contribution in [2.24, 2.45) is 5.73 Å². The normalized spacial score (nSPS) is 19.5. The molecule has 2 aromatic rings. The molecular weight excluding hydrogens is 336 g/mol. The number of hydrogen-bond donors (Lipinski definition) is 1. The van der Waals surface area contributed by atoms with Crippen LogP contribution in [0.15, 0.2) is 48.5 Å². The highest BCUT2D eigenvalue weighted by atomic mass is 16.5. The number of carbonyl (C=O) groups excluding carboxylic acids is 1. The average molecular weight is 367 g/mol. The Hall–Kier alpha value is -2.33. The van der Waals surface area contributed by atoms with Gasteiger partial charge in [0.2, 0.25) is 0 Å². The SMILES string of the molecule is CCN(C(=O)c1ccccc1OCc1ccccc1C)[C@@H]1CCC[C@H](N)C1. The second kappa shape index (κ2) is 9.05. The van der Waals surface area contributed by atoms with E-state index in [0.29, 0.717) is 24.5 Å². The summed E-state index contributed by atoms with van der Waals surface area (Å²) in [4.78, 5) is 15.3. The maximum absolute atomic E-state index is 13.3. The van der Waals surface area contributed by atoms with E-state index in [1.807, 2.05) is 48.2 Å². The molecule has 27 heavy (non-hydrogen) atoms. The van der Waals surface area contributed by atoms with Gasteiger partial charge in [-0.2, -0.15) is 0 Å². The van der Waals surface area contributed by atoms with Crippen LogP contribution in [0.25, 0.3) is 0 Å². The highest BCUT2D eigenvalue weighted by Crippen LogP contribution is 2.27. The zero-order valence-electron chi connectivity index (χ0n) is 16.4. The van der Waals surface area contributed by atoms with Crippen LogP contribution < -0.4 is 10.5 Å². The zero-order valence-corrected chi connectivity index (χ0v) is 16.4. The molecule has 4 heteroatoms. The minimum absolute atomic E-state index is 0.0389. The summed E-state index contributed by atoms with van der Waals surface area (Å²) in [5, 5.41) is 0. The Morgan fingerprint density at radius 3 is 2.63 bits per heavy atom. The first kappa shape index (κ1) is 19.4. The Bertz CT molecular complexity index is 774. The van der Waals surface area contributed by atoms with E-state index in [1.54, 1.807) is 0 Å². The molecule has 1 saturated carbocycles. The lowest BCUT2D eigenvalue weighted by Crippen LogP contribution is -2.45. The van der Waals surface area contributed by atoms with Crippen molar-refractivity contribution in [1.82, 2.24) is 4.90 Å². The zero-order chi connectivity index (χ0) is 19.2. The number of nitrogens with two attached hydrogens (primary N) is 1. The molecule has 1 amide bonds. The number of hydrogen-bond acceptors (Lipinski definition) is 3. The van der Waals surface area contributed by atoms with Crippen LogP contribution >= 0.6 is 0 Å². The van der Waals surface area contributed by atoms with E-state index < -0.39 is 0 Å². The highest BCUT2D eigenvalue weighted by Gasteiger charge is 2.29. The Kier molecular flexibility index (Phi) is 6.51. The first-order chi connectivity index (χ1) is 13.1. The lowest BCUT2D eigenvalue weighted by molar-refractivity contribution is 0.0633. The number of para-hydroxylation sites is 1. The fourth-order valence-electron chi connectivity index (χ4n) is 3.90. The molecule has 0 unspecified atom stereocenters. The maximum atomic E-state index is 13.3. The molecule has 2 N–H and O–H groups in total. The second-order valence-corrected chi connectivity index (χ2v) is 7.38. The number of aryl methyl sites for hydroxylation is 1. The van der Waals surface area contributed by atoms with Crippen molar-refractivity contribution in [3.63, 3.8) is 0 Å². The van der Waals surface area contributed by atoms with E-state index in [1.165, 1.54) is 5.56 Å². The predicted octanol–water partition coefficient (Wildman–Crippen LogP) is 4.31. The smallest absolute Gasteiger partial charge is 0.257 e. The fraction of sp³-hybridized carbons (Fsp3) is 0.435. The van der Waals surface area contributed by atoms with Gasteiger partial charge in [0.25, 0.3) is 5.91 Å². The van der Waals surface area contributed by atoms with Crippen molar-refractivity contribution >= 4 is 5.91 Å². The number of benzene rings is 2. The van der Waals surface area contributed by atoms with E-state index in [-0.39, 0.29) is 18.0 Å². The second-order valence-electron chi connectivity index (χ2n) is 7.38. The number of amides is 1. The summed E-state index contributed by atoms with van der Waals surface area (Å²) in [6, 6.07) is 16.1. The molecule has 4 nitrogen and oxygen atoms in total. The molecule has 0 heterocycles. The van der Waals surface area contributed by atoms with Gasteiger partial charge in [-0.15, -0.1) is 0 Å². The van der Waals surface area contributed by atoms with E-state index >= 15 is 0 Å². The van der Waals surface area contributed by atoms with E-state index in [2.05, 4.69) is 19.1 Å². The van der Waals surface area contributed by atoms with Gasteiger partial charge >= 0.3 is 0 Å². The van der Waals surface area contributed by atoms with Crippen molar-refractivity contribution in [2.45, 2.75) is 58.2 Å². The summed E-state index contributed by atoms with van der Waals surface area (Å²) < 4.78 is 6.06. The van der Waals surface area contributed by atoms with Gasteiger partial charge < -0.3 is 15.4 Å². The standard InChI is InChI=1S/C23H30N2O2/c1-3-25(20-12-8-11-19(24)15-20)23(26)21-13-6-7-14-22(21)27-16-18-10-5-4-9-17(18)2/h4-7,9-10,13-14,19-20H,3,8,11-12,15-16,24H2,1-2H3/t19-,20+/m0/s1. The molecule has 2 atom stereocenters. The average Bonchev–Trinajstić information content (AvgIpc) is 2.68. The quantitative estimate of drug-likeness (QED) is 0.829. The third-order valence-corrected chi connectivity index (χ3v) is 5.49. The van der Waals surface area contributed by atoms with E-state index in [0.717, 1.165) is 31.2 Å². The maximum Gasteiger partial charge on any atom is 0.257 e. The van der Waals surface area contributed by atoms with Crippen LogP contribution in [0.1, 0.15) is 54.1 Å². The highest BCUT2D eigenvalue weighted by molar-refractivity contribution is 5.97. The number of ether oxygens (including phenoxy) is 1. The summed E-state index contributed by atoms with van der Waals surface area (Å²) in [6.45, 7) is 5.25. The van der Waals surface area contributed by atoms with Crippen LogP contribution in [0.2, 0.25) is 0 Å². The molecular formula is C23H30N2O2. The number of carbonyl (C=O) groups is 1. The van der Waals surface area contributed by atoms with Crippen molar-refractivity contribution in [3.05, 3.63) is 65.2 Å². The first-order valence-electron chi connectivity index (χ1n) is 9.93. The third kappa shape index (κ3) is 4.69. The van der Waals surface area contributed by atoms with Crippen molar-refractivity contribution in [3.8, 4) is 5.75 Å². The van der Waals surface area contributed by atoms with E-state index in [9.17, 15) is 4.79 Å². The Balaban J connectivity index is 1.77. The van der Waals surface area contributed by atoms with Crippen LogP contribution in [0.4, 0.5) is 0 Å². The van der Waals surface area contributed by atoms with Gasteiger partial charge in [-0.25, -0.2) is 0 Å². The predicted molar refractivity (Wildman–Crippen MR) is 109 cm³/mol. The van der Waals surface area contributed by atoms with Gasteiger partial charge in [0.1, 0.15) is 12.4 Å². The molecule has 0 aliphatic heterocycles. The largest absolute Gasteiger partial charge is 0.488 e. The number of rotatable bonds is 6. The minimum Gasteiger partial charge on any atom is -0.488 e. The van der Waals surface area contributed by atoms with Gasteiger partial charge in [0, 0.05) is 18.6 Å². The van der Waals surface area contributed by atoms with Crippen LogP contribution in [-0.2, 0) is 6.61 Å². The Morgan fingerprint density at radius 1 is 1.15 bits per heavy atom. The third-order valence-electron chi connectivity index (χ3n) is 5.49. The molecule has 1 aliphatic carbocycles. The van der Waals surface area contributed by atoms with Crippen molar-refractivity contribution in [2.75, 3.05) is 6.54 Å². The summed E-state index contributed by atoms with van der Waals surface area (Å²) >= 11 is 0. The molecule has 144 valence electrons. The molecule has 1 aliphatic rings. The first-order valence-corrected chi connectivity index (χ1v) is 9.93. The molecule has 1 fully saturated rings. The Labute approximate surface area is 162 Å². The monoisotopic (exact) mass is 366 g/mol. The van der Waals surface area contributed by atoms with Gasteiger partial charge in [0.05, 0.1) is 5.56 Å². The molecule has 3 rings (SSSR count). The molecule has 0 spiro atoms. The van der Waals surface area contributed by atoms with Gasteiger partial charge in [-0.1, -0.05) is 36.4 Å². The van der Waals surface area contributed by atoms with Crippen LogP contribution in [-0.4, -0.2) is 29.4 Å². The van der Waals surface area contributed by atoms with E-state index in [4.69, 9.17) is 10.5 Å². The van der Waals surface area contributed by atoms with Gasteiger partial charge in [0.15, 0.2) is 0 Å². The molecule has 2 aromatic carbocycles. The van der Waals surface area contributed by atoms with Crippen LogP contribution in [0.3, 0.4) is 0 Å². The minimum atomic E-state index is 0.0389. The molecule has 0 bridgehead atoms. The molecule has 0 saturated heterocycles. The number of nitrogens with zero attached hydrogens (tertiary/aromatic N) is 1. The van der Waals surface area contributed by atoms with Crippen molar-refractivity contribution in [1.29, 1.82) is 0 Å². The molecule has 0 radical (unpaired) electrons. The Morgan fingerprint density at radius 2 is 1.89 bits per heavy atom. The summed E-state index contributed by atoms with van der Waals surface area (Å²) in [5.74, 6) is 0.682. The van der Waals surface area contributed by atoms with Gasteiger partial charge in [-0.3, -0.25) is 4.79 Å². The lowest BCUT2D eigenvalue weighted by atomic mass is 9.90. The summed E-state index contributed by atoms with van der Waals surface area (Å²) in [5.41, 5.74) is 9.10. The topological polar surface area (TPSA) is 55.6 Å².